The minimum Gasteiger partial charge on any atom is -0.354 e. The Morgan fingerprint density at radius 3 is 2.14 bits per heavy atom. The third-order valence-electron chi connectivity index (χ3n) is 4.44. The Bertz CT molecular complexity index is 461. The molecule has 4 nitrogen and oxygen atoms in total. The Morgan fingerprint density at radius 1 is 1.19 bits per heavy atom. The Labute approximate surface area is 128 Å². The van der Waals surface area contributed by atoms with Crippen molar-refractivity contribution in [2.75, 3.05) is 20.6 Å². The number of nitrogens with one attached hydrogen (secondary N) is 1. The third kappa shape index (κ3) is 4.29. The monoisotopic (exact) mass is 291 g/mol. The van der Waals surface area contributed by atoms with E-state index in [0.717, 1.165) is 0 Å². The smallest absolute Gasteiger partial charge is 0.227 e. The van der Waals surface area contributed by atoms with Crippen LogP contribution < -0.4 is 11.1 Å². The lowest BCUT2D eigenvalue weighted by Gasteiger charge is -2.37. The molecule has 0 aliphatic carbocycles. The number of hydrogen-bond donors (Lipinski definition) is 2. The molecule has 0 fully saturated rings. The van der Waals surface area contributed by atoms with Gasteiger partial charge in [-0.05, 0) is 47.4 Å². The van der Waals surface area contributed by atoms with Crippen LogP contribution in [0.5, 0.6) is 0 Å². The number of likely N-dealkylation sites (N-methyl/N-ethyl adjacent to an activating group) is 1. The number of rotatable bonds is 6. The maximum atomic E-state index is 12.5. The van der Waals surface area contributed by atoms with E-state index >= 15 is 0 Å². The minimum atomic E-state index is -0.624. The van der Waals surface area contributed by atoms with E-state index in [4.69, 9.17) is 5.73 Å². The highest BCUT2D eigenvalue weighted by Gasteiger charge is 2.40. The van der Waals surface area contributed by atoms with Gasteiger partial charge in [0, 0.05) is 12.1 Å². The highest BCUT2D eigenvalue weighted by atomic mass is 16.2. The van der Waals surface area contributed by atoms with E-state index in [9.17, 15) is 4.79 Å². The fourth-order valence-corrected chi connectivity index (χ4v) is 1.98. The zero-order valence-electron chi connectivity index (χ0n) is 14.1. The van der Waals surface area contributed by atoms with Crippen LogP contribution in [0.4, 0.5) is 0 Å². The van der Waals surface area contributed by atoms with Gasteiger partial charge >= 0.3 is 0 Å². The first-order chi connectivity index (χ1) is 9.57. The van der Waals surface area contributed by atoms with E-state index in [0.29, 0.717) is 6.54 Å². The summed E-state index contributed by atoms with van der Waals surface area (Å²) in [7, 11) is 4.03. The topological polar surface area (TPSA) is 58.4 Å². The molecule has 1 atom stereocenters. The van der Waals surface area contributed by atoms with Crippen molar-refractivity contribution in [1.29, 1.82) is 0 Å². The van der Waals surface area contributed by atoms with Crippen LogP contribution in [0.15, 0.2) is 30.3 Å². The van der Waals surface area contributed by atoms with E-state index in [-0.39, 0.29) is 11.9 Å². The van der Waals surface area contributed by atoms with Gasteiger partial charge in [-0.1, -0.05) is 30.3 Å². The number of carbonyl (C=O) groups excluding carboxylic acids is 1. The van der Waals surface area contributed by atoms with Gasteiger partial charge < -0.3 is 16.0 Å². The van der Waals surface area contributed by atoms with E-state index in [2.05, 4.69) is 22.3 Å². The van der Waals surface area contributed by atoms with Crippen molar-refractivity contribution in [3.63, 3.8) is 0 Å². The highest BCUT2D eigenvalue weighted by molar-refractivity contribution is 5.83. The standard InChI is InChI=1S/C17H29N3O/c1-16(2,17(3,4)18)15(21)19-12-14(20(5)6)13-10-8-7-9-11-13/h7-11,14H,12,18H2,1-6H3,(H,19,21). The number of hydrogen-bond acceptors (Lipinski definition) is 3. The predicted molar refractivity (Wildman–Crippen MR) is 87.9 cm³/mol. The molecule has 21 heavy (non-hydrogen) atoms. The Morgan fingerprint density at radius 2 is 1.71 bits per heavy atom. The summed E-state index contributed by atoms with van der Waals surface area (Å²) >= 11 is 0. The normalized spacial score (nSPS) is 14.1. The van der Waals surface area contributed by atoms with Crippen molar-refractivity contribution in [1.82, 2.24) is 10.2 Å². The molecular formula is C17H29N3O. The summed E-state index contributed by atoms with van der Waals surface area (Å²) in [5.41, 5.74) is 6.11. The SMILES string of the molecule is CN(C)C(CNC(=O)C(C)(C)C(C)(C)N)c1ccccc1. The van der Waals surface area contributed by atoms with Gasteiger partial charge in [-0.25, -0.2) is 0 Å². The first kappa shape index (κ1) is 17.7. The number of nitrogens with two attached hydrogens (primary N) is 1. The summed E-state index contributed by atoms with van der Waals surface area (Å²) in [6, 6.07) is 10.3. The Hall–Kier alpha value is -1.39. The third-order valence-corrected chi connectivity index (χ3v) is 4.44. The van der Waals surface area contributed by atoms with E-state index in [1.54, 1.807) is 0 Å². The summed E-state index contributed by atoms with van der Waals surface area (Å²) < 4.78 is 0. The fourth-order valence-electron chi connectivity index (χ4n) is 1.98. The molecule has 3 N–H and O–H groups in total. The van der Waals surface area contributed by atoms with Gasteiger partial charge in [0.05, 0.1) is 11.5 Å². The van der Waals surface area contributed by atoms with Crippen molar-refractivity contribution in [3.8, 4) is 0 Å². The maximum absolute atomic E-state index is 12.5. The number of carbonyl (C=O) groups is 1. The molecule has 4 heteroatoms. The second-order valence-electron chi connectivity index (χ2n) is 6.95. The largest absolute Gasteiger partial charge is 0.354 e. The molecule has 0 heterocycles. The fraction of sp³-hybridized carbons (Fsp3) is 0.588. The Balaban J connectivity index is 2.78. The van der Waals surface area contributed by atoms with Gasteiger partial charge in [-0.3, -0.25) is 4.79 Å². The quantitative estimate of drug-likeness (QED) is 0.844. The summed E-state index contributed by atoms with van der Waals surface area (Å²) in [6.07, 6.45) is 0. The molecule has 1 aromatic rings. The molecule has 1 aromatic carbocycles. The maximum Gasteiger partial charge on any atom is 0.227 e. The lowest BCUT2D eigenvalue weighted by atomic mass is 9.74. The lowest BCUT2D eigenvalue weighted by molar-refractivity contribution is -0.132. The van der Waals surface area contributed by atoms with Crippen LogP contribution in [-0.4, -0.2) is 37.0 Å². The molecule has 0 radical (unpaired) electrons. The second kappa shape index (κ2) is 6.58. The van der Waals surface area contributed by atoms with Crippen LogP contribution in [0.3, 0.4) is 0 Å². The zero-order chi connectivity index (χ0) is 16.3. The van der Waals surface area contributed by atoms with Gasteiger partial charge in [0.15, 0.2) is 0 Å². The lowest BCUT2D eigenvalue weighted by Crippen LogP contribution is -2.56. The highest BCUT2D eigenvalue weighted by Crippen LogP contribution is 2.28. The average molecular weight is 291 g/mol. The molecule has 0 aliphatic rings. The summed E-state index contributed by atoms with van der Waals surface area (Å²) in [5, 5.41) is 3.05. The Kier molecular flexibility index (Phi) is 5.54. The van der Waals surface area contributed by atoms with Gasteiger partial charge in [0.2, 0.25) is 5.91 Å². The van der Waals surface area contributed by atoms with Gasteiger partial charge in [0.25, 0.3) is 0 Å². The molecule has 118 valence electrons. The van der Waals surface area contributed by atoms with Gasteiger partial charge in [0.1, 0.15) is 0 Å². The van der Waals surface area contributed by atoms with Crippen molar-refractivity contribution >= 4 is 5.91 Å². The molecule has 0 aliphatic heterocycles. The molecule has 0 saturated heterocycles. The first-order valence-electron chi connectivity index (χ1n) is 7.36. The van der Waals surface area contributed by atoms with Crippen LogP contribution in [-0.2, 0) is 4.79 Å². The van der Waals surface area contributed by atoms with Crippen molar-refractivity contribution in [2.45, 2.75) is 39.3 Å². The second-order valence-corrected chi connectivity index (χ2v) is 6.95. The number of benzene rings is 1. The summed E-state index contributed by atoms with van der Waals surface area (Å²) in [5.74, 6) is -0.0159. The first-order valence-corrected chi connectivity index (χ1v) is 7.36. The van der Waals surface area contributed by atoms with Crippen LogP contribution in [0.1, 0.15) is 39.3 Å². The van der Waals surface area contributed by atoms with Crippen LogP contribution in [0.2, 0.25) is 0 Å². The van der Waals surface area contributed by atoms with Gasteiger partial charge in [-0.2, -0.15) is 0 Å². The predicted octanol–water partition coefficient (Wildman–Crippen LogP) is 2.17. The van der Waals surface area contributed by atoms with Crippen molar-refractivity contribution < 1.29 is 4.79 Å². The molecule has 0 saturated carbocycles. The van der Waals surface area contributed by atoms with Crippen LogP contribution >= 0.6 is 0 Å². The van der Waals surface area contributed by atoms with E-state index in [1.165, 1.54) is 5.56 Å². The summed E-state index contributed by atoms with van der Waals surface area (Å²) in [4.78, 5) is 14.6. The number of amides is 1. The molecule has 1 amide bonds. The van der Waals surface area contributed by atoms with Crippen molar-refractivity contribution in [2.24, 2.45) is 11.1 Å². The van der Waals surface area contributed by atoms with Gasteiger partial charge in [-0.15, -0.1) is 0 Å². The molecule has 1 rings (SSSR count). The van der Waals surface area contributed by atoms with E-state index < -0.39 is 11.0 Å². The molecule has 1 unspecified atom stereocenters. The molecule has 0 aromatic heterocycles. The average Bonchev–Trinajstić information content (AvgIpc) is 2.38. The molecule has 0 spiro atoms. The van der Waals surface area contributed by atoms with E-state index in [1.807, 2.05) is 60.0 Å². The van der Waals surface area contributed by atoms with Crippen molar-refractivity contribution in [3.05, 3.63) is 35.9 Å². The van der Waals surface area contributed by atoms with Crippen LogP contribution in [0, 0.1) is 5.41 Å². The number of nitrogens with zero attached hydrogens (tertiary/aromatic N) is 1. The minimum absolute atomic E-state index is 0.0159. The molecular weight excluding hydrogens is 262 g/mol. The summed E-state index contributed by atoms with van der Waals surface area (Å²) in [6.45, 7) is 8.10. The molecule has 0 bridgehead atoms. The van der Waals surface area contributed by atoms with Crippen LogP contribution in [0.25, 0.3) is 0 Å². The zero-order valence-corrected chi connectivity index (χ0v) is 14.1.